The van der Waals surface area contributed by atoms with Gasteiger partial charge in [-0.3, -0.25) is 14.1 Å². The van der Waals surface area contributed by atoms with E-state index in [1.54, 1.807) is 0 Å². The van der Waals surface area contributed by atoms with E-state index in [1.807, 2.05) is 36.5 Å². The summed E-state index contributed by atoms with van der Waals surface area (Å²) < 4.78 is 15.9. The molecule has 0 unspecified atom stereocenters. The molecule has 13 rings (SSSR count). The summed E-state index contributed by atoms with van der Waals surface area (Å²) in [6.45, 7) is 0. The van der Waals surface area contributed by atoms with Crippen LogP contribution in [0.15, 0.2) is 225 Å². The molecule has 300 valence electrons. The van der Waals surface area contributed by atoms with Gasteiger partial charge >= 0.3 is 0 Å². The highest BCUT2D eigenvalue weighted by atomic mass is 16.5. The SMILES string of the molecule is [c-]1n(-c2cccc(Oc3cccc(-c4nccc5ccccc45)c3)c2)c2ccccc2[n+]1-c1c(-n2c3ccccc3c3ccccc32)cccc1-n1c2ccccc2c2ccccc21. The van der Waals surface area contributed by atoms with Crippen LogP contribution in [0.4, 0.5) is 0 Å². The quantitative estimate of drug-likeness (QED) is 0.119. The Hall–Kier alpha value is -8.74. The number of para-hydroxylation sites is 7. The first-order valence-electron chi connectivity index (χ1n) is 21.5. The number of ether oxygens (including phenoxy) is 1. The number of nitrogens with zero attached hydrogens (tertiary/aromatic N) is 5. The number of pyridine rings is 1. The topological polar surface area (TPSA) is 40.8 Å². The Morgan fingerprint density at radius 1 is 0.422 bits per heavy atom. The van der Waals surface area contributed by atoms with Crippen LogP contribution in [0.2, 0.25) is 0 Å². The van der Waals surface area contributed by atoms with E-state index in [4.69, 9.17) is 9.72 Å². The summed E-state index contributed by atoms with van der Waals surface area (Å²) in [5.74, 6) is 1.45. The summed E-state index contributed by atoms with van der Waals surface area (Å²) in [6, 6.07) is 76.9. The van der Waals surface area contributed by atoms with Crippen molar-refractivity contribution in [1.29, 1.82) is 0 Å². The predicted molar refractivity (Wildman–Crippen MR) is 260 cm³/mol. The van der Waals surface area contributed by atoms with Gasteiger partial charge in [0.2, 0.25) is 0 Å². The van der Waals surface area contributed by atoms with Crippen LogP contribution in [-0.4, -0.2) is 18.7 Å². The molecule has 0 radical (unpaired) electrons. The molecule has 9 aromatic carbocycles. The van der Waals surface area contributed by atoms with Crippen LogP contribution >= 0.6 is 0 Å². The molecule has 0 N–H and O–H groups in total. The normalized spacial score (nSPS) is 11.8. The molecule has 0 aliphatic rings. The van der Waals surface area contributed by atoms with Gasteiger partial charge in [0.1, 0.15) is 17.2 Å². The number of hydrogen-bond acceptors (Lipinski definition) is 2. The lowest BCUT2D eigenvalue weighted by molar-refractivity contribution is -0.571. The molecule has 0 aliphatic heterocycles. The maximum atomic E-state index is 6.65. The van der Waals surface area contributed by atoms with Crippen molar-refractivity contribution < 1.29 is 9.30 Å². The Kier molecular flexibility index (Phi) is 8.11. The standard InChI is InChI=1S/C58H37N5O/c1-2-21-44-39(16-1)34-35-59-57(44)40-17-13-19-42(36-40)64-43-20-14-18-41(37-43)60-38-61(54-31-12-11-30-53(54)60)58-55(62-49-26-7-3-22-45(49)46-23-4-8-27-50(46)62)32-15-33-56(58)63-51-28-9-5-24-47(51)48-25-6-10-29-52(48)63/h1-37H. The molecule has 0 atom stereocenters. The lowest BCUT2D eigenvalue weighted by Gasteiger charge is -2.20. The van der Waals surface area contributed by atoms with Gasteiger partial charge in [-0.1, -0.05) is 146 Å². The van der Waals surface area contributed by atoms with Crippen molar-refractivity contribution in [3.63, 3.8) is 0 Å². The van der Waals surface area contributed by atoms with E-state index in [0.717, 1.165) is 89.4 Å². The maximum Gasteiger partial charge on any atom is 0.269 e. The van der Waals surface area contributed by atoms with Gasteiger partial charge in [0.05, 0.1) is 55.9 Å². The maximum absolute atomic E-state index is 6.65. The molecule has 0 aliphatic carbocycles. The van der Waals surface area contributed by atoms with Crippen molar-refractivity contribution in [1.82, 2.24) is 18.7 Å². The zero-order valence-electron chi connectivity index (χ0n) is 34.5. The summed E-state index contributed by atoms with van der Waals surface area (Å²) >= 11 is 0. The van der Waals surface area contributed by atoms with Crippen LogP contribution in [0.25, 0.3) is 99.4 Å². The fraction of sp³-hybridized carbons (Fsp3) is 0. The third-order valence-electron chi connectivity index (χ3n) is 12.5. The van der Waals surface area contributed by atoms with Crippen molar-refractivity contribution in [2.75, 3.05) is 0 Å². The molecule has 4 aromatic heterocycles. The van der Waals surface area contributed by atoms with Crippen molar-refractivity contribution in [2.24, 2.45) is 0 Å². The number of imidazole rings is 1. The van der Waals surface area contributed by atoms with Crippen LogP contribution < -0.4 is 9.30 Å². The van der Waals surface area contributed by atoms with E-state index in [1.165, 1.54) is 21.5 Å². The molecule has 6 nitrogen and oxygen atoms in total. The second-order valence-electron chi connectivity index (χ2n) is 16.2. The molecule has 0 saturated carbocycles. The van der Waals surface area contributed by atoms with Crippen molar-refractivity contribution in [3.8, 4) is 45.5 Å². The second-order valence-corrected chi connectivity index (χ2v) is 16.2. The highest BCUT2D eigenvalue weighted by Crippen LogP contribution is 2.39. The second kappa shape index (κ2) is 14.4. The highest BCUT2D eigenvalue weighted by molar-refractivity contribution is 6.11. The molecule has 0 amide bonds. The van der Waals surface area contributed by atoms with Crippen molar-refractivity contribution in [2.45, 2.75) is 0 Å². The third kappa shape index (κ3) is 5.59. The smallest absolute Gasteiger partial charge is 0.269 e. The molecule has 0 spiro atoms. The molecule has 0 bridgehead atoms. The summed E-state index contributed by atoms with van der Waals surface area (Å²) in [7, 11) is 0. The lowest BCUT2D eigenvalue weighted by Crippen LogP contribution is -2.33. The molecular weight excluding hydrogens is 783 g/mol. The van der Waals surface area contributed by atoms with E-state index in [2.05, 4.69) is 213 Å². The number of aromatic nitrogens is 5. The lowest BCUT2D eigenvalue weighted by atomic mass is 10.0. The minimum Gasteiger partial charge on any atom is -0.458 e. The molecule has 0 fully saturated rings. The van der Waals surface area contributed by atoms with Gasteiger partial charge in [-0.05, 0) is 78.2 Å². The zero-order chi connectivity index (χ0) is 42.1. The van der Waals surface area contributed by atoms with Crippen molar-refractivity contribution >= 4 is 65.4 Å². The number of benzene rings is 9. The van der Waals surface area contributed by atoms with E-state index < -0.39 is 0 Å². The van der Waals surface area contributed by atoms with Crippen LogP contribution in [-0.2, 0) is 0 Å². The Morgan fingerprint density at radius 2 is 0.922 bits per heavy atom. The van der Waals surface area contributed by atoms with Crippen LogP contribution in [0.3, 0.4) is 0 Å². The number of rotatable bonds is 7. The van der Waals surface area contributed by atoms with Gasteiger partial charge in [-0.2, -0.15) is 0 Å². The third-order valence-corrected chi connectivity index (χ3v) is 12.5. The monoisotopic (exact) mass is 819 g/mol. The predicted octanol–water partition coefficient (Wildman–Crippen LogP) is 13.9. The van der Waals surface area contributed by atoms with E-state index in [0.29, 0.717) is 0 Å². The van der Waals surface area contributed by atoms with Gasteiger partial charge in [0.25, 0.3) is 6.33 Å². The molecule has 6 heteroatoms. The molecular formula is C58H37N5O. The molecule has 13 aromatic rings. The van der Waals surface area contributed by atoms with Crippen LogP contribution in [0, 0.1) is 6.33 Å². The Labute approximate surface area is 368 Å². The minimum atomic E-state index is 0.718. The highest BCUT2D eigenvalue weighted by Gasteiger charge is 2.24. The zero-order valence-corrected chi connectivity index (χ0v) is 34.5. The first-order valence-corrected chi connectivity index (χ1v) is 21.5. The molecule has 0 saturated heterocycles. The average Bonchev–Trinajstić information content (AvgIpc) is 4.02. The Balaban J connectivity index is 1.02. The fourth-order valence-electron chi connectivity index (χ4n) is 9.77. The van der Waals surface area contributed by atoms with Gasteiger partial charge < -0.3 is 13.9 Å². The van der Waals surface area contributed by atoms with Crippen LogP contribution in [0.5, 0.6) is 11.5 Å². The summed E-state index contributed by atoms with van der Waals surface area (Å²) in [6.07, 6.45) is 5.77. The Morgan fingerprint density at radius 3 is 1.55 bits per heavy atom. The fourth-order valence-corrected chi connectivity index (χ4v) is 9.77. The van der Waals surface area contributed by atoms with Gasteiger partial charge in [-0.25, -0.2) is 0 Å². The summed E-state index contributed by atoms with van der Waals surface area (Å²) in [5, 5.41) is 7.08. The first kappa shape index (κ1) is 36.0. The van der Waals surface area contributed by atoms with Crippen molar-refractivity contribution in [3.05, 3.63) is 231 Å². The largest absolute Gasteiger partial charge is 0.458 e. The molecule has 4 heterocycles. The number of fused-ring (bicyclic) bond motifs is 8. The Bertz CT molecular complexity index is 3720. The summed E-state index contributed by atoms with van der Waals surface area (Å²) in [5.41, 5.74) is 12.5. The first-order chi connectivity index (χ1) is 31.8. The van der Waals surface area contributed by atoms with E-state index in [9.17, 15) is 0 Å². The minimum absolute atomic E-state index is 0.718. The van der Waals surface area contributed by atoms with Gasteiger partial charge in [0.15, 0.2) is 0 Å². The van der Waals surface area contributed by atoms with E-state index >= 15 is 0 Å². The van der Waals surface area contributed by atoms with Gasteiger partial charge in [-0.15, -0.1) is 0 Å². The molecule has 64 heavy (non-hydrogen) atoms. The van der Waals surface area contributed by atoms with Gasteiger partial charge in [0, 0.05) is 38.7 Å². The summed E-state index contributed by atoms with van der Waals surface area (Å²) in [4.78, 5) is 4.77. The number of hydrogen-bond donors (Lipinski definition) is 0. The van der Waals surface area contributed by atoms with E-state index in [-0.39, 0.29) is 0 Å². The average molecular weight is 820 g/mol. The van der Waals surface area contributed by atoms with Crippen LogP contribution in [0.1, 0.15) is 0 Å².